The van der Waals surface area contributed by atoms with Crippen LogP contribution in [0, 0.1) is 5.82 Å². The van der Waals surface area contributed by atoms with Crippen LogP contribution in [0.2, 0.25) is 0 Å². The number of nitrogens with one attached hydrogen (secondary N) is 1. The van der Waals surface area contributed by atoms with Crippen molar-refractivity contribution in [3.05, 3.63) is 33.5 Å². The van der Waals surface area contributed by atoms with Gasteiger partial charge in [0.15, 0.2) is 5.82 Å². The average molecular weight is 231 g/mol. The minimum Gasteiger partial charge on any atom is -0.357 e. The van der Waals surface area contributed by atoms with Crippen LogP contribution in [0.5, 0.6) is 0 Å². The molecule has 1 N–H and O–H groups in total. The van der Waals surface area contributed by atoms with E-state index in [1.165, 1.54) is 4.98 Å². The largest absolute Gasteiger partial charge is 0.422 e. The Labute approximate surface area is 78.5 Å². The third kappa shape index (κ3) is 2.13. The molecule has 1 aromatic rings. The number of aromatic nitrogens is 1. The summed E-state index contributed by atoms with van der Waals surface area (Å²) in [6.45, 7) is 0. The minimum atomic E-state index is -5.32. The Hall–Kier alpha value is -1.47. The number of alkyl halides is 5. The predicted molar refractivity (Wildman–Crippen MR) is 37.0 cm³/mol. The number of rotatable bonds is 1. The fourth-order valence-electron chi connectivity index (χ4n) is 0.974. The van der Waals surface area contributed by atoms with Crippen molar-refractivity contribution in [2.45, 2.75) is 12.6 Å². The van der Waals surface area contributed by atoms with Gasteiger partial charge in [0.25, 0.3) is 6.43 Å². The molecule has 0 amide bonds. The van der Waals surface area contributed by atoms with E-state index >= 15 is 0 Å². The van der Waals surface area contributed by atoms with Gasteiger partial charge in [0.1, 0.15) is 5.56 Å². The summed E-state index contributed by atoms with van der Waals surface area (Å²) in [4.78, 5) is 12.1. The molecule has 0 radical (unpaired) electrons. The first-order valence-corrected chi connectivity index (χ1v) is 3.51. The monoisotopic (exact) mass is 231 g/mol. The fraction of sp³-hybridized carbons (Fsp3) is 0.286. The Bertz CT molecular complexity index is 420. The van der Waals surface area contributed by atoms with E-state index in [1.54, 1.807) is 0 Å². The topological polar surface area (TPSA) is 32.9 Å². The maximum Gasteiger partial charge on any atom is 0.422 e. The lowest BCUT2D eigenvalue weighted by molar-refractivity contribution is -0.141. The standard InChI is InChI=1S/C7H3F6NO/c8-2-1-14-4(6(9)10)3(5(2)15)7(11,12)13/h1,6H,(H,14,15). The van der Waals surface area contributed by atoms with Crippen LogP contribution >= 0.6 is 0 Å². The third-order valence-corrected chi connectivity index (χ3v) is 1.57. The Morgan fingerprint density at radius 1 is 1.27 bits per heavy atom. The smallest absolute Gasteiger partial charge is 0.357 e. The van der Waals surface area contributed by atoms with Gasteiger partial charge < -0.3 is 4.98 Å². The van der Waals surface area contributed by atoms with Crippen molar-refractivity contribution in [3.63, 3.8) is 0 Å². The lowest BCUT2D eigenvalue weighted by Crippen LogP contribution is -2.25. The Balaban J connectivity index is 3.57. The highest BCUT2D eigenvalue weighted by Gasteiger charge is 2.40. The van der Waals surface area contributed by atoms with E-state index in [9.17, 15) is 31.1 Å². The first-order valence-electron chi connectivity index (χ1n) is 3.51. The van der Waals surface area contributed by atoms with Gasteiger partial charge in [0.05, 0.1) is 5.69 Å². The van der Waals surface area contributed by atoms with Gasteiger partial charge in [0, 0.05) is 6.20 Å². The van der Waals surface area contributed by atoms with Crippen LogP contribution in [-0.2, 0) is 6.18 Å². The van der Waals surface area contributed by atoms with E-state index in [1.807, 2.05) is 0 Å². The first-order chi connectivity index (χ1) is 6.75. The number of hydrogen-bond donors (Lipinski definition) is 1. The number of aromatic amines is 1. The van der Waals surface area contributed by atoms with E-state index in [2.05, 4.69) is 0 Å². The molecule has 1 aromatic heterocycles. The molecule has 8 heteroatoms. The molecule has 0 saturated carbocycles. The fourth-order valence-corrected chi connectivity index (χ4v) is 0.974. The zero-order valence-electron chi connectivity index (χ0n) is 6.83. The van der Waals surface area contributed by atoms with Crippen molar-refractivity contribution >= 4 is 0 Å². The maximum absolute atomic E-state index is 12.5. The van der Waals surface area contributed by atoms with E-state index in [-0.39, 0.29) is 6.20 Å². The highest BCUT2D eigenvalue weighted by atomic mass is 19.4. The molecule has 0 aromatic carbocycles. The van der Waals surface area contributed by atoms with Gasteiger partial charge in [-0.1, -0.05) is 0 Å². The van der Waals surface area contributed by atoms with Crippen molar-refractivity contribution < 1.29 is 26.3 Å². The van der Waals surface area contributed by atoms with Crippen LogP contribution in [0.25, 0.3) is 0 Å². The van der Waals surface area contributed by atoms with Crippen molar-refractivity contribution in [1.29, 1.82) is 0 Å². The molecule has 0 aliphatic heterocycles. The number of H-pyrrole nitrogens is 1. The van der Waals surface area contributed by atoms with Crippen molar-refractivity contribution in [2.24, 2.45) is 0 Å². The number of pyridine rings is 1. The highest BCUT2D eigenvalue weighted by Crippen LogP contribution is 2.32. The number of halogens is 6. The Morgan fingerprint density at radius 2 is 1.80 bits per heavy atom. The van der Waals surface area contributed by atoms with Crippen molar-refractivity contribution in [1.82, 2.24) is 4.98 Å². The second kappa shape index (κ2) is 3.59. The molecule has 84 valence electrons. The molecule has 0 aliphatic carbocycles. The van der Waals surface area contributed by atoms with Crippen LogP contribution in [0.4, 0.5) is 26.3 Å². The van der Waals surface area contributed by atoms with Crippen LogP contribution in [-0.4, -0.2) is 4.98 Å². The average Bonchev–Trinajstić information content (AvgIpc) is 2.06. The van der Waals surface area contributed by atoms with E-state index < -0.39 is 35.1 Å². The molecule has 15 heavy (non-hydrogen) atoms. The van der Waals surface area contributed by atoms with Crippen LogP contribution in [0.1, 0.15) is 17.7 Å². The molecule has 1 rings (SSSR count). The van der Waals surface area contributed by atoms with Gasteiger partial charge in [0.2, 0.25) is 5.43 Å². The summed E-state index contributed by atoms with van der Waals surface area (Å²) >= 11 is 0. The molecule has 0 unspecified atom stereocenters. The van der Waals surface area contributed by atoms with Gasteiger partial charge in [-0.15, -0.1) is 0 Å². The summed E-state index contributed by atoms with van der Waals surface area (Å²) < 4.78 is 73.0. The second-order valence-electron chi connectivity index (χ2n) is 2.55. The lowest BCUT2D eigenvalue weighted by Gasteiger charge is -2.10. The van der Waals surface area contributed by atoms with Gasteiger partial charge in [-0.2, -0.15) is 13.2 Å². The Morgan fingerprint density at radius 3 is 2.20 bits per heavy atom. The minimum absolute atomic E-state index is 0.166. The quantitative estimate of drug-likeness (QED) is 0.740. The molecular weight excluding hydrogens is 228 g/mol. The van der Waals surface area contributed by atoms with Crippen LogP contribution in [0.3, 0.4) is 0 Å². The highest BCUT2D eigenvalue weighted by molar-refractivity contribution is 5.24. The summed E-state index contributed by atoms with van der Waals surface area (Å²) in [7, 11) is 0. The van der Waals surface area contributed by atoms with Gasteiger partial charge in [-0.3, -0.25) is 4.79 Å². The van der Waals surface area contributed by atoms with Crippen LogP contribution in [0.15, 0.2) is 11.0 Å². The second-order valence-corrected chi connectivity index (χ2v) is 2.55. The molecule has 0 saturated heterocycles. The summed E-state index contributed by atoms with van der Waals surface area (Å²) in [5.74, 6) is -1.76. The molecule has 1 heterocycles. The SMILES string of the molecule is O=c1c(F)c[nH]c(C(F)F)c1C(F)(F)F. The molecule has 0 atom stereocenters. The van der Waals surface area contributed by atoms with Gasteiger partial charge in [-0.05, 0) is 0 Å². The summed E-state index contributed by atoms with van der Waals surface area (Å²) in [6, 6.07) is 0. The summed E-state index contributed by atoms with van der Waals surface area (Å²) in [5, 5.41) is 0. The van der Waals surface area contributed by atoms with E-state index in [0.29, 0.717) is 0 Å². The third-order valence-electron chi connectivity index (χ3n) is 1.57. The predicted octanol–water partition coefficient (Wildman–Crippen LogP) is 2.47. The lowest BCUT2D eigenvalue weighted by atomic mass is 10.2. The molecule has 0 aliphatic rings. The molecular formula is C7H3F6NO. The van der Waals surface area contributed by atoms with Crippen molar-refractivity contribution in [3.8, 4) is 0 Å². The summed E-state index contributed by atoms with van der Waals surface area (Å²) in [6.07, 6.45) is -8.68. The first kappa shape index (κ1) is 11.6. The van der Waals surface area contributed by atoms with Gasteiger partial charge in [-0.25, -0.2) is 13.2 Å². The zero-order valence-corrected chi connectivity index (χ0v) is 6.83. The Kier molecular flexibility index (Phi) is 2.78. The molecule has 0 spiro atoms. The molecule has 0 fully saturated rings. The molecule has 0 bridgehead atoms. The van der Waals surface area contributed by atoms with Gasteiger partial charge >= 0.3 is 6.18 Å². The zero-order chi connectivity index (χ0) is 11.8. The maximum atomic E-state index is 12.5. The van der Waals surface area contributed by atoms with E-state index in [4.69, 9.17) is 0 Å². The summed E-state index contributed by atoms with van der Waals surface area (Å²) in [5.41, 5.74) is -5.91. The molecule has 2 nitrogen and oxygen atoms in total. The normalized spacial score (nSPS) is 12.2. The van der Waals surface area contributed by atoms with Crippen LogP contribution < -0.4 is 5.43 Å². The number of hydrogen-bond acceptors (Lipinski definition) is 1. The van der Waals surface area contributed by atoms with Crippen molar-refractivity contribution in [2.75, 3.05) is 0 Å². The van der Waals surface area contributed by atoms with E-state index in [0.717, 1.165) is 0 Å².